The number of aryl methyl sites for hydroxylation is 1. The molecule has 0 atom stereocenters. The second-order valence-electron chi connectivity index (χ2n) is 5.09. The molecule has 0 aliphatic rings. The highest BCUT2D eigenvalue weighted by atomic mass is 32.2. The van der Waals surface area contributed by atoms with Crippen molar-refractivity contribution in [1.29, 1.82) is 0 Å². The Hall–Kier alpha value is -2.10. The predicted octanol–water partition coefficient (Wildman–Crippen LogP) is 2.40. The van der Waals surface area contributed by atoms with E-state index in [9.17, 15) is 8.42 Å². The summed E-state index contributed by atoms with van der Waals surface area (Å²) in [7, 11) is -3.39. The number of rotatable bonds is 7. The van der Waals surface area contributed by atoms with Gasteiger partial charge in [-0.05, 0) is 37.1 Å². The zero-order valence-corrected chi connectivity index (χ0v) is 14.0. The molecule has 0 saturated heterocycles. The van der Waals surface area contributed by atoms with Crippen LogP contribution in [-0.2, 0) is 16.6 Å². The topological polar surface area (TPSA) is 64.0 Å². The number of nitrogens with one attached hydrogen (secondary N) is 1. The summed E-state index contributed by atoms with van der Waals surface area (Å²) in [6.07, 6.45) is 8.46. The molecule has 6 heteroatoms. The van der Waals surface area contributed by atoms with Gasteiger partial charge in [-0.15, -0.1) is 0 Å². The van der Waals surface area contributed by atoms with Crippen molar-refractivity contribution in [3.05, 3.63) is 48.5 Å². The van der Waals surface area contributed by atoms with E-state index < -0.39 is 10.0 Å². The van der Waals surface area contributed by atoms with Crippen LogP contribution < -0.4 is 4.72 Å². The molecular weight excluding hydrogens is 310 g/mol. The van der Waals surface area contributed by atoms with Crippen molar-refractivity contribution in [2.45, 2.75) is 37.6 Å². The normalized spacial score (nSPS) is 11.0. The molecule has 1 N–H and O–H groups in total. The maximum atomic E-state index is 11.8. The van der Waals surface area contributed by atoms with Gasteiger partial charge in [0, 0.05) is 37.5 Å². The first-order chi connectivity index (χ1) is 11.1. The monoisotopic (exact) mass is 331 g/mol. The first-order valence-electron chi connectivity index (χ1n) is 7.66. The van der Waals surface area contributed by atoms with Gasteiger partial charge in [-0.25, -0.2) is 18.1 Å². The van der Waals surface area contributed by atoms with E-state index in [2.05, 4.69) is 26.1 Å². The van der Waals surface area contributed by atoms with Crippen LogP contribution in [0.3, 0.4) is 0 Å². The van der Waals surface area contributed by atoms with Gasteiger partial charge < -0.3 is 4.57 Å². The molecule has 0 aliphatic heterocycles. The summed E-state index contributed by atoms with van der Waals surface area (Å²) >= 11 is 0. The zero-order chi connectivity index (χ0) is 16.5. The van der Waals surface area contributed by atoms with Crippen LogP contribution in [-0.4, -0.2) is 24.5 Å². The number of hydrogen-bond acceptors (Lipinski definition) is 3. The first kappa shape index (κ1) is 17.3. The minimum Gasteiger partial charge on any atom is -0.337 e. The lowest BCUT2D eigenvalue weighted by Crippen LogP contribution is -2.22. The standard InChI is InChI=1S/C17H21N3O2S/c1-2-19-23(21,22)17-10-8-16(9-11-17)7-5-3-4-6-13-20-14-12-18-15-20/h8-12,14-15,19H,2-4,6,13H2,1H3. The predicted molar refractivity (Wildman–Crippen MR) is 90.3 cm³/mol. The van der Waals surface area contributed by atoms with E-state index in [1.165, 1.54) is 0 Å². The molecule has 0 bridgehead atoms. The van der Waals surface area contributed by atoms with Crippen molar-refractivity contribution in [1.82, 2.24) is 14.3 Å². The Bertz CT molecular complexity index is 754. The smallest absolute Gasteiger partial charge is 0.240 e. The van der Waals surface area contributed by atoms with Gasteiger partial charge in [-0.2, -0.15) is 0 Å². The van der Waals surface area contributed by atoms with Crippen LogP contribution in [0.25, 0.3) is 0 Å². The van der Waals surface area contributed by atoms with E-state index in [0.29, 0.717) is 6.54 Å². The molecule has 0 saturated carbocycles. The van der Waals surface area contributed by atoms with Gasteiger partial charge in [-0.3, -0.25) is 0 Å². The second-order valence-corrected chi connectivity index (χ2v) is 6.85. The van der Waals surface area contributed by atoms with Gasteiger partial charge >= 0.3 is 0 Å². The molecule has 0 amide bonds. The summed E-state index contributed by atoms with van der Waals surface area (Å²) in [6.45, 7) is 3.09. The number of unbranched alkanes of at least 4 members (excludes halogenated alkanes) is 2. The molecule has 1 aromatic carbocycles. The molecule has 23 heavy (non-hydrogen) atoms. The van der Waals surface area contributed by atoms with Gasteiger partial charge in [0.1, 0.15) is 0 Å². The van der Waals surface area contributed by atoms with Crippen LogP contribution in [0.2, 0.25) is 0 Å². The quantitative estimate of drug-likeness (QED) is 0.626. The third-order valence-electron chi connectivity index (χ3n) is 3.26. The summed E-state index contributed by atoms with van der Waals surface area (Å²) in [4.78, 5) is 4.27. The molecule has 2 aromatic rings. The summed E-state index contributed by atoms with van der Waals surface area (Å²) in [5.74, 6) is 6.19. The highest BCUT2D eigenvalue weighted by molar-refractivity contribution is 7.89. The van der Waals surface area contributed by atoms with Crippen molar-refractivity contribution >= 4 is 10.0 Å². The van der Waals surface area contributed by atoms with E-state index in [-0.39, 0.29) is 4.90 Å². The molecule has 0 radical (unpaired) electrons. The lowest BCUT2D eigenvalue weighted by atomic mass is 10.2. The molecule has 122 valence electrons. The minimum atomic E-state index is -3.39. The highest BCUT2D eigenvalue weighted by Crippen LogP contribution is 2.09. The Kier molecular flexibility index (Phi) is 6.39. The molecule has 0 aliphatic carbocycles. The van der Waals surface area contributed by atoms with Crippen LogP contribution in [0.15, 0.2) is 47.9 Å². The number of hydrogen-bond donors (Lipinski definition) is 1. The Balaban J connectivity index is 1.80. The number of aromatic nitrogens is 2. The molecule has 5 nitrogen and oxygen atoms in total. The van der Waals surface area contributed by atoms with Gasteiger partial charge in [0.05, 0.1) is 11.2 Å². The van der Waals surface area contributed by atoms with Crippen LogP contribution in [0, 0.1) is 11.8 Å². The molecule has 0 fully saturated rings. The number of sulfonamides is 1. The third kappa shape index (κ3) is 5.55. The molecule has 2 rings (SSSR count). The average Bonchev–Trinajstić information content (AvgIpc) is 3.04. The van der Waals surface area contributed by atoms with Crippen LogP contribution >= 0.6 is 0 Å². The maximum absolute atomic E-state index is 11.8. The fourth-order valence-corrected chi connectivity index (χ4v) is 3.12. The Morgan fingerprint density at radius 3 is 2.65 bits per heavy atom. The number of imidazole rings is 1. The molecule has 0 spiro atoms. The van der Waals surface area contributed by atoms with E-state index in [1.54, 1.807) is 37.4 Å². The van der Waals surface area contributed by atoms with Crippen molar-refractivity contribution in [3.63, 3.8) is 0 Å². The van der Waals surface area contributed by atoms with Crippen LogP contribution in [0.5, 0.6) is 0 Å². The third-order valence-corrected chi connectivity index (χ3v) is 4.82. The van der Waals surface area contributed by atoms with Crippen LogP contribution in [0.1, 0.15) is 31.7 Å². The van der Waals surface area contributed by atoms with Gasteiger partial charge in [-0.1, -0.05) is 18.8 Å². The summed E-state index contributed by atoms with van der Waals surface area (Å²) in [6, 6.07) is 6.65. The highest BCUT2D eigenvalue weighted by Gasteiger charge is 2.11. The van der Waals surface area contributed by atoms with Crippen LogP contribution in [0.4, 0.5) is 0 Å². The molecular formula is C17H21N3O2S. The van der Waals surface area contributed by atoms with Crippen molar-refractivity contribution in [2.24, 2.45) is 0 Å². The Labute approximate surface area is 137 Å². The maximum Gasteiger partial charge on any atom is 0.240 e. The Morgan fingerprint density at radius 2 is 2.00 bits per heavy atom. The van der Waals surface area contributed by atoms with Gasteiger partial charge in [0.15, 0.2) is 0 Å². The van der Waals surface area contributed by atoms with Crippen molar-refractivity contribution in [3.8, 4) is 11.8 Å². The molecule has 0 unspecified atom stereocenters. The zero-order valence-electron chi connectivity index (χ0n) is 13.2. The van der Waals surface area contributed by atoms with E-state index >= 15 is 0 Å². The lowest BCUT2D eigenvalue weighted by Gasteiger charge is -2.03. The number of nitrogens with zero attached hydrogens (tertiary/aromatic N) is 2. The van der Waals surface area contributed by atoms with Gasteiger partial charge in [0.2, 0.25) is 10.0 Å². The van der Waals surface area contributed by atoms with Gasteiger partial charge in [0.25, 0.3) is 0 Å². The van der Waals surface area contributed by atoms with E-state index in [1.807, 2.05) is 12.5 Å². The average molecular weight is 331 g/mol. The summed E-state index contributed by atoms with van der Waals surface area (Å²) in [5.41, 5.74) is 0.829. The SMILES string of the molecule is CCNS(=O)(=O)c1ccc(C#CCCCCn2ccnc2)cc1. The number of benzene rings is 1. The Morgan fingerprint density at radius 1 is 1.22 bits per heavy atom. The lowest BCUT2D eigenvalue weighted by molar-refractivity contribution is 0.584. The van der Waals surface area contributed by atoms with Crippen molar-refractivity contribution < 1.29 is 8.42 Å². The first-order valence-corrected chi connectivity index (χ1v) is 9.14. The second kappa shape index (κ2) is 8.51. The minimum absolute atomic E-state index is 0.269. The summed E-state index contributed by atoms with van der Waals surface area (Å²) in [5, 5.41) is 0. The fourth-order valence-electron chi connectivity index (χ4n) is 2.08. The fraction of sp³-hybridized carbons (Fsp3) is 0.353. The largest absolute Gasteiger partial charge is 0.337 e. The van der Waals surface area contributed by atoms with Crippen molar-refractivity contribution in [2.75, 3.05) is 6.54 Å². The van der Waals surface area contributed by atoms with E-state index in [0.717, 1.165) is 31.4 Å². The molecule has 1 heterocycles. The van der Waals surface area contributed by atoms with E-state index in [4.69, 9.17) is 0 Å². The summed E-state index contributed by atoms with van der Waals surface area (Å²) < 4.78 is 28.2. The molecule has 1 aromatic heterocycles.